The summed E-state index contributed by atoms with van der Waals surface area (Å²) in [5, 5.41) is 3.00. The van der Waals surface area contributed by atoms with Crippen molar-refractivity contribution in [3.63, 3.8) is 0 Å². The highest BCUT2D eigenvalue weighted by atomic mass is 35.5. The molecule has 1 saturated heterocycles. The second kappa shape index (κ2) is 9.03. The monoisotopic (exact) mass is 404 g/mol. The third kappa shape index (κ3) is 4.22. The molecule has 28 heavy (non-hydrogen) atoms. The topological polar surface area (TPSA) is 48.7 Å². The number of hydrogen-bond acceptors (Lipinski definition) is 3. The maximum absolute atomic E-state index is 6.39. The molecule has 2 heterocycles. The Labute approximate surface area is 171 Å². The number of likely N-dealkylation sites (tertiary alicyclic amines) is 1. The molecule has 4 rings (SSSR count). The summed E-state index contributed by atoms with van der Waals surface area (Å²) in [5.74, 6) is 2.42. The van der Waals surface area contributed by atoms with Crippen LogP contribution in [-0.4, -0.2) is 40.0 Å². The highest BCUT2D eigenvalue weighted by Crippen LogP contribution is 2.38. The van der Waals surface area contributed by atoms with Crippen molar-refractivity contribution >= 4 is 11.6 Å². The van der Waals surface area contributed by atoms with E-state index in [1.165, 1.54) is 31.5 Å². The molecular formula is C22H29ClN2O3+2. The Morgan fingerprint density at radius 2 is 1.93 bits per heavy atom. The Bertz CT molecular complexity index is 808. The molecule has 0 spiro atoms. The quantitative estimate of drug-likeness (QED) is 0.737. The van der Waals surface area contributed by atoms with Gasteiger partial charge in [0.1, 0.15) is 32.1 Å². The lowest BCUT2D eigenvalue weighted by atomic mass is 10.0. The smallest absolute Gasteiger partial charge is 0.179 e. The Kier molecular flexibility index (Phi) is 6.25. The predicted octanol–water partition coefficient (Wildman–Crippen LogP) is 1.60. The van der Waals surface area contributed by atoms with Crippen LogP contribution in [0.25, 0.3) is 0 Å². The van der Waals surface area contributed by atoms with Crippen LogP contribution in [0, 0.1) is 0 Å². The summed E-state index contributed by atoms with van der Waals surface area (Å²) >= 11 is 6.39. The summed E-state index contributed by atoms with van der Waals surface area (Å²) < 4.78 is 17.0. The average molecular weight is 405 g/mol. The maximum atomic E-state index is 6.39. The van der Waals surface area contributed by atoms with Gasteiger partial charge in [0.15, 0.2) is 17.5 Å². The molecule has 0 amide bonds. The highest BCUT2D eigenvalue weighted by Gasteiger charge is 2.31. The highest BCUT2D eigenvalue weighted by molar-refractivity contribution is 6.32. The van der Waals surface area contributed by atoms with Gasteiger partial charge in [-0.1, -0.05) is 23.7 Å². The van der Waals surface area contributed by atoms with E-state index in [0.29, 0.717) is 30.0 Å². The molecule has 2 aliphatic heterocycles. The second-order valence-electron chi connectivity index (χ2n) is 7.49. The number of rotatable bonds is 7. The molecule has 0 saturated carbocycles. The molecule has 2 aromatic carbocycles. The van der Waals surface area contributed by atoms with E-state index in [9.17, 15) is 0 Å². The fourth-order valence-corrected chi connectivity index (χ4v) is 4.63. The minimum Gasteiger partial charge on any atom is -0.496 e. The molecule has 1 fully saturated rings. The summed E-state index contributed by atoms with van der Waals surface area (Å²) in [6.45, 7) is 5.44. The van der Waals surface area contributed by atoms with Crippen LogP contribution in [0.15, 0.2) is 36.4 Å². The van der Waals surface area contributed by atoms with Crippen LogP contribution >= 0.6 is 11.6 Å². The summed E-state index contributed by atoms with van der Waals surface area (Å²) in [7, 11) is 1.76. The maximum Gasteiger partial charge on any atom is 0.179 e. The van der Waals surface area contributed by atoms with Gasteiger partial charge in [-0.25, -0.2) is 0 Å². The Hall–Kier alpha value is -1.95. The molecule has 2 aliphatic rings. The van der Waals surface area contributed by atoms with E-state index >= 15 is 0 Å². The van der Waals surface area contributed by atoms with Crippen LogP contribution in [0.2, 0.25) is 5.02 Å². The van der Waals surface area contributed by atoms with Gasteiger partial charge in [0, 0.05) is 18.4 Å². The molecule has 3 N–H and O–H groups in total. The third-order valence-electron chi connectivity index (χ3n) is 5.69. The number of halogens is 1. The molecule has 5 nitrogen and oxygen atoms in total. The lowest BCUT2D eigenvalue weighted by Crippen LogP contribution is -3.13. The number of fused-ring (bicyclic) bond motifs is 1. The first-order valence-electron chi connectivity index (χ1n) is 10.1. The van der Waals surface area contributed by atoms with Gasteiger partial charge >= 0.3 is 0 Å². The molecular weight excluding hydrogens is 376 g/mol. The molecule has 0 bridgehead atoms. The van der Waals surface area contributed by atoms with Crippen molar-refractivity contribution in [3.8, 4) is 17.2 Å². The summed E-state index contributed by atoms with van der Waals surface area (Å²) in [4.78, 5) is 1.65. The van der Waals surface area contributed by atoms with Gasteiger partial charge in [-0.05, 0) is 24.3 Å². The van der Waals surface area contributed by atoms with Crippen molar-refractivity contribution < 1.29 is 24.4 Å². The first-order valence-corrected chi connectivity index (χ1v) is 10.5. The molecule has 6 heteroatoms. The minimum atomic E-state index is 0.423. The fourth-order valence-electron chi connectivity index (χ4n) is 4.34. The van der Waals surface area contributed by atoms with Crippen LogP contribution in [0.5, 0.6) is 17.2 Å². The van der Waals surface area contributed by atoms with Crippen LogP contribution in [-0.2, 0) is 6.54 Å². The summed E-state index contributed by atoms with van der Waals surface area (Å²) in [6.07, 6.45) is 2.61. The largest absolute Gasteiger partial charge is 0.496 e. The molecule has 1 atom stereocenters. The molecule has 0 unspecified atom stereocenters. The van der Waals surface area contributed by atoms with E-state index in [2.05, 4.69) is 29.6 Å². The van der Waals surface area contributed by atoms with Crippen LogP contribution in [0.4, 0.5) is 0 Å². The fraction of sp³-hybridized carbons (Fsp3) is 0.455. The van der Waals surface area contributed by atoms with Crippen molar-refractivity contribution in [2.75, 3.05) is 40.0 Å². The van der Waals surface area contributed by atoms with Gasteiger partial charge in [-0.15, -0.1) is 0 Å². The number of quaternary nitrogens is 2. The van der Waals surface area contributed by atoms with E-state index in [4.69, 9.17) is 25.8 Å². The van der Waals surface area contributed by atoms with Gasteiger partial charge in [0.2, 0.25) is 0 Å². The normalized spacial score (nSPS) is 17.5. The number of methoxy groups -OCH3 is 1. The van der Waals surface area contributed by atoms with Crippen LogP contribution in [0.1, 0.15) is 30.0 Å². The number of hydrogen-bond donors (Lipinski definition) is 2. The molecule has 2 aromatic rings. The SMILES string of the molecule is COc1ccccc1[C@H](C[NH2+]Cc1cc(Cl)c2c(c1)OCCO2)[NH+]1CCCC1. The number of nitrogens with two attached hydrogens (primary N) is 1. The van der Waals surface area contributed by atoms with Crippen molar-refractivity contribution in [1.82, 2.24) is 0 Å². The Balaban J connectivity index is 1.47. The van der Waals surface area contributed by atoms with Gasteiger partial charge in [0.05, 0.1) is 30.8 Å². The zero-order valence-electron chi connectivity index (χ0n) is 16.4. The Morgan fingerprint density at radius 1 is 1.14 bits per heavy atom. The molecule has 150 valence electrons. The number of para-hydroxylation sites is 1. The minimum absolute atomic E-state index is 0.423. The van der Waals surface area contributed by atoms with E-state index in [-0.39, 0.29) is 0 Å². The first kappa shape index (κ1) is 19.4. The van der Waals surface area contributed by atoms with Crippen molar-refractivity contribution in [1.29, 1.82) is 0 Å². The number of ether oxygens (including phenoxy) is 3. The van der Waals surface area contributed by atoms with Gasteiger partial charge in [-0.3, -0.25) is 0 Å². The lowest BCUT2D eigenvalue weighted by molar-refractivity contribution is -0.935. The molecule has 0 aliphatic carbocycles. The van der Waals surface area contributed by atoms with Gasteiger partial charge < -0.3 is 24.4 Å². The van der Waals surface area contributed by atoms with Gasteiger partial charge in [0.25, 0.3) is 0 Å². The van der Waals surface area contributed by atoms with E-state index in [1.807, 2.05) is 12.1 Å². The van der Waals surface area contributed by atoms with E-state index in [1.54, 1.807) is 12.0 Å². The van der Waals surface area contributed by atoms with Crippen LogP contribution in [0.3, 0.4) is 0 Å². The van der Waals surface area contributed by atoms with E-state index in [0.717, 1.165) is 30.2 Å². The predicted molar refractivity (Wildman–Crippen MR) is 109 cm³/mol. The molecule has 0 aromatic heterocycles. The van der Waals surface area contributed by atoms with Crippen molar-refractivity contribution in [2.24, 2.45) is 0 Å². The van der Waals surface area contributed by atoms with E-state index < -0.39 is 0 Å². The second-order valence-corrected chi connectivity index (χ2v) is 7.90. The summed E-state index contributed by atoms with van der Waals surface area (Å²) in [5.41, 5.74) is 2.46. The zero-order valence-corrected chi connectivity index (χ0v) is 17.1. The first-order chi connectivity index (χ1) is 13.8. The van der Waals surface area contributed by atoms with Crippen molar-refractivity contribution in [3.05, 3.63) is 52.5 Å². The van der Waals surface area contributed by atoms with Gasteiger partial charge in [-0.2, -0.15) is 0 Å². The standard InChI is InChI=1S/C22H27ClN2O3/c1-26-20-7-3-2-6-17(20)19(25-8-4-5-9-25)15-24-14-16-12-18(23)22-21(13-16)27-10-11-28-22/h2-3,6-7,12-13,19,24H,4-5,8-11,14-15H2,1H3/p+2/t19-/m0/s1. The number of benzene rings is 2. The summed E-state index contributed by atoms with van der Waals surface area (Å²) in [6, 6.07) is 12.9. The number of nitrogens with one attached hydrogen (secondary N) is 1. The lowest BCUT2D eigenvalue weighted by Gasteiger charge is -2.25. The average Bonchev–Trinajstić information content (AvgIpc) is 3.26. The van der Waals surface area contributed by atoms with Crippen LogP contribution < -0.4 is 24.4 Å². The Morgan fingerprint density at radius 3 is 2.75 bits per heavy atom. The third-order valence-corrected chi connectivity index (χ3v) is 5.97. The molecule has 0 radical (unpaired) electrons. The zero-order chi connectivity index (χ0) is 19.3. The van der Waals surface area contributed by atoms with Crippen molar-refractivity contribution in [2.45, 2.75) is 25.4 Å².